The Labute approximate surface area is 203 Å². The summed E-state index contributed by atoms with van der Waals surface area (Å²) >= 11 is 0. The van der Waals surface area contributed by atoms with E-state index < -0.39 is 0 Å². The number of hydrogen-bond acceptors (Lipinski definition) is 5. The van der Waals surface area contributed by atoms with Gasteiger partial charge in [-0.2, -0.15) is 0 Å². The van der Waals surface area contributed by atoms with Gasteiger partial charge in [0.15, 0.2) is 11.8 Å². The van der Waals surface area contributed by atoms with Gasteiger partial charge >= 0.3 is 0 Å². The summed E-state index contributed by atoms with van der Waals surface area (Å²) in [5, 5.41) is 15.1. The zero-order chi connectivity index (χ0) is 21.8. The predicted molar refractivity (Wildman–Crippen MR) is 135 cm³/mol. The number of ether oxygens (including phenoxy) is 2. The predicted octanol–water partition coefficient (Wildman–Crippen LogP) is 3.41. The van der Waals surface area contributed by atoms with Gasteiger partial charge < -0.3 is 24.7 Å². The maximum absolute atomic E-state index is 5.41. The van der Waals surface area contributed by atoms with Crippen LogP contribution in [0.2, 0.25) is 0 Å². The fraction of sp³-hybridized carbons (Fsp3) is 0.591. The number of rotatable bonds is 12. The van der Waals surface area contributed by atoms with Crippen molar-refractivity contribution in [2.45, 2.75) is 46.1 Å². The van der Waals surface area contributed by atoms with Gasteiger partial charge in [-0.1, -0.05) is 19.1 Å². The molecule has 1 atom stereocenters. The fourth-order valence-electron chi connectivity index (χ4n) is 2.94. The lowest BCUT2D eigenvalue weighted by atomic mass is 9.98. The summed E-state index contributed by atoms with van der Waals surface area (Å²) in [5.74, 6) is 3.83. The molecule has 1 unspecified atom stereocenters. The van der Waals surface area contributed by atoms with Crippen molar-refractivity contribution in [2.75, 3.05) is 33.4 Å². The average molecular weight is 544 g/mol. The highest BCUT2D eigenvalue weighted by Crippen LogP contribution is 2.21. The number of methoxy groups -OCH3 is 1. The smallest absolute Gasteiger partial charge is 0.191 e. The van der Waals surface area contributed by atoms with Crippen molar-refractivity contribution in [2.24, 2.45) is 12.0 Å². The lowest BCUT2D eigenvalue weighted by Crippen LogP contribution is -2.39. The molecule has 2 rings (SSSR count). The van der Waals surface area contributed by atoms with E-state index in [1.807, 2.05) is 37.6 Å². The van der Waals surface area contributed by atoms with E-state index in [2.05, 4.69) is 39.9 Å². The van der Waals surface area contributed by atoms with Crippen LogP contribution in [0.5, 0.6) is 5.75 Å². The van der Waals surface area contributed by atoms with Crippen molar-refractivity contribution in [3.05, 3.63) is 41.5 Å². The molecule has 0 spiro atoms. The number of guanidine groups is 1. The van der Waals surface area contributed by atoms with Gasteiger partial charge in [-0.3, -0.25) is 0 Å². The Bertz CT molecular complexity index is 779. The Kier molecular flexibility index (Phi) is 13.1. The molecule has 8 nitrogen and oxygen atoms in total. The van der Waals surface area contributed by atoms with Crippen LogP contribution in [0, 0.1) is 6.92 Å². The van der Waals surface area contributed by atoms with E-state index in [1.54, 1.807) is 7.11 Å². The highest BCUT2D eigenvalue weighted by Gasteiger charge is 2.08. The van der Waals surface area contributed by atoms with Gasteiger partial charge in [-0.15, -0.1) is 34.2 Å². The standard InChI is InChI=1S/C22H36N6O2.HI/c1-6-30-15-7-13-23-22(25-16-21-27-26-18(3)28(21)4)24-14-12-17(2)19-8-10-20(29-5)11-9-19;/h8-11,17H,6-7,12-16H2,1-5H3,(H2,23,24,25);1H. The molecule has 1 aromatic heterocycles. The molecule has 174 valence electrons. The largest absolute Gasteiger partial charge is 0.497 e. The van der Waals surface area contributed by atoms with E-state index in [4.69, 9.17) is 14.5 Å². The van der Waals surface area contributed by atoms with Crippen molar-refractivity contribution >= 4 is 29.9 Å². The van der Waals surface area contributed by atoms with Gasteiger partial charge in [0, 0.05) is 33.4 Å². The molecule has 1 aromatic carbocycles. The Morgan fingerprint density at radius 3 is 2.48 bits per heavy atom. The fourth-order valence-corrected chi connectivity index (χ4v) is 2.94. The minimum Gasteiger partial charge on any atom is -0.497 e. The van der Waals surface area contributed by atoms with Gasteiger partial charge in [0.25, 0.3) is 0 Å². The van der Waals surface area contributed by atoms with Gasteiger partial charge in [-0.25, -0.2) is 4.99 Å². The second-order valence-corrected chi connectivity index (χ2v) is 7.25. The first kappa shape index (κ1) is 27.2. The summed E-state index contributed by atoms with van der Waals surface area (Å²) in [6.45, 7) is 9.77. The third-order valence-electron chi connectivity index (χ3n) is 5.08. The van der Waals surface area contributed by atoms with Crippen molar-refractivity contribution < 1.29 is 9.47 Å². The molecule has 0 radical (unpaired) electrons. The first-order chi connectivity index (χ1) is 14.5. The molecule has 0 aliphatic rings. The first-order valence-electron chi connectivity index (χ1n) is 10.6. The molecule has 0 aliphatic heterocycles. The molecule has 0 amide bonds. The average Bonchev–Trinajstić information content (AvgIpc) is 3.09. The number of hydrogen-bond donors (Lipinski definition) is 2. The molecule has 2 aromatic rings. The normalized spacial score (nSPS) is 12.2. The SMILES string of the molecule is CCOCCCNC(=NCc1nnc(C)n1C)NCCC(C)c1ccc(OC)cc1.I. The topological polar surface area (TPSA) is 85.6 Å². The van der Waals surface area contributed by atoms with Crippen LogP contribution in [0.15, 0.2) is 29.3 Å². The monoisotopic (exact) mass is 544 g/mol. The minimum absolute atomic E-state index is 0. The summed E-state index contributed by atoms with van der Waals surface area (Å²) in [4.78, 5) is 4.69. The lowest BCUT2D eigenvalue weighted by Gasteiger charge is -2.16. The molecule has 0 bridgehead atoms. The summed E-state index contributed by atoms with van der Waals surface area (Å²) in [7, 11) is 3.65. The van der Waals surface area contributed by atoms with E-state index in [0.717, 1.165) is 62.5 Å². The molecule has 0 aliphatic carbocycles. The molecule has 31 heavy (non-hydrogen) atoms. The number of aryl methyl sites for hydroxylation is 1. The molecule has 2 N–H and O–H groups in total. The van der Waals surface area contributed by atoms with Crippen molar-refractivity contribution in [3.8, 4) is 5.75 Å². The van der Waals surface area contributed by atoms with E-state index in [9.17, 15) is 0 Å². The van der Waals surface area contributed by atoms with Gasteiger partial charge in [0.1, 0.15) is 18.1 Å². The highest BCUT2D eigenvalue weighted by molar-refractivity contribution is 14.0. The second kappa shape index (κ2) is 15.0. The van der Waals surface area contributed by atoms with Crippen molar-refractivity contribution in [3.63, 3.8) is 0 Å². The summed E-state index contributed by atoms with van der Waals surface area (Å²) < 4.78 is 12.6. The third-order valence-corrected chi connectivity index (χ3v) is 5.08. The Morgan fingerprint density at radius 2 is 1.87 bits per heavy atom. The van der Waals surface area contributed by atoms with Gasteiger partial charge in [0.05, 0.1) is 7.11 Å². The van der Waals surface area contributed by atoms with Crippen LogP contribution in [0.3, 0.4) is 0 Å². The summed E-state index contributed by atoms with van der Waals surface area (Å²) in [6.07, 6.45) is 1.93. The number of aliphatic imine (C=N–C) groups is 1. The second-order valence-electron chi connectivity index (χ2n) is 7.25. The maximum atomic E-state index is 5.41. The Morgan fingerprint density at radius 1 is 1.16 bits per heavy atom. The van der Waals surface area contributed by atoms with E-state index in [0.29, 0.717) is 12.5 Å². The van der Waals surface area contributed by atoms with E-state index in [-0.39, 0.29) is 24.0 Å². The number of halogens is 1. The Hall–Kier alpha value is -1.88. The first-order valence-corrected chi connectivity index (χ1v) is 10.6. The zero-order valence-corrected chi connectivity index (χ0v) is 21.7. The number of benzene rings is 1. The van der Waals surface area contributed by atoms with Gasteiger partial charge in [0.2, 0.25) is 0 Å². The number of nitrogens with zero attached hydrogens (tertiary/aromatic N) is 4. The minimum atomic E-state index is 0. The van der Waals surface area contributed by atoms with Crippen molar-refractivity contribution in [1.82, 2.24) is 25.4 Å². The van der Waals surface area contributed by atoms with Crippen LogP contribution in [-0.4, -0.2) is 54.1 Å². The molecule has 1 heterocycles. The Balaban J connectivity index is 0.00000480. The summed E-state index contributed by atoms with van der Waals surface area (Å²) in [5.41, 5.74) is 1.30. The van der Waals surface area contributed by atoms with Crippen molar-refractivity contribution in [1.29, 1.82) is 0 Å². The number of aromatic nitrogens is 3. The molecule has 9 heteroatoms. The van der Waals surface area contributed by atoms with E-state index in [1.165, 1.54) is 5.56 Å². The van der Waals surface area contributed by atoms with Crippen LogP contribution in [0.25, 0.3) is 0 Å². The lowest BCUT2D eigenvalue weighted by molar-refractivity contribution is 0.145. The highest BCUT2D eigenvalue weighted by atomic mass is 127. The van der Waals surface area contributed by atoms with E-state index >= 15 is 0 Å². The van der Waals surface area contributed by atoms with Crippen LogP contribution < -0.4 is 15.4 Å². The zero-order valence-electron chi connectivity index (χ0n) is 19.4. The van der Waals surface area contributed by atoms with Crippen LogP contribution in [-0.2, 0) is 18.3 Å². The molecule has 0 fully saturated rings. The summed E-state index contributed by atoms with van der Waals surface area (Å²) in [6, 6.07) is 8.27. The van der Waals surface area contributed by atoms with Crippen LogP contribution >= 0.6 is 24.0 Å². The van der Waals surface area contributed by atoms with Crippen LogP contribution in [0.4, 0.5) is 0 Å². The quantitative estimate of drug-likeness (QED) is 0.185. The third kappa shape index (κ3) is 9.42. The molecule has 0 saturated carbocycles. The van der Waals surface area contributed by atoms with Gasteiger partial charge in [-0.05, 0) is 50.3 Å². The maximum Gasteiger partial charge on any atom is 0.191 e. The molecular weight excluding hydrogens is 507 g/mol. The van der Waals surface area contributed by atoms with Crippen LogP contribution in [0.1, 0.15) is 49.8 Å². The number of nitrogens with one attached hydrogen (secondary N) is 2. The molecular formula is C22H37IN6O2. The molecule has 0 saturated heterocycles.